The zero-order valence-corrected chi connectivity index (χ0v) is 13.8. The number of hydrogen-bond donors (Lipinski definition) is 2. The lowest BCUT2D eigenvalue weighted by Crippen LogP contribution is -2.36. The van der Waals surface area contributed by atoms with Crippen LogP contribution >= 0.6 is 0 Å². The third-order valence-electron chi connectivity index (χ3n) is 3.03. The molecule has 0 aliphatic carbocycles. The monoisotopic (exact) mass is 332 g/mol. The molecule has 24 heavy (non-hydrogen) atoms. The molecule has 2 aromatic heterocycles. The predicted molar refractivity (Wildman–Crippen MR) is 88.4 cm³/mol. The van der Waals surface area contributed by atoms with Gasteiger partial charge < -0.3 is 0 Å². The summed E-state index contributed by atoms with van der Waals surface area (Å²) in [4.78, 5) is 28.3. The quantitative estimate of drug-likeness (QED) is 0.483. The molecule has 0 aliphatic rings. The lowest BCUT2D eigenvalue weighted by Gasteiger charge is -2.01. The highest BCUT2D eigenvalue weighted by atomic mass is 19.1. The molecule has 0 fully saturated rings. The van der Waals surface area contributed by atoms with Crippen LogP contribution in [0.5, 0.6) is 0 Å². The van der Waals surface area contributed by atoms with E-state index < -0.39 is 11.9 Å². The van der Waals surface area contributed by atoms with Crippen molar-refractivity contribution in [2.24, 2.45) is 0 Å². The van der Waals surface area contributed by atoms with E-state index in [2.05, 4.69) is 29.0 Å². The lowest BCUT2D eigenvalue weighted by molar-refractivity contribution is -0.110. The summed E-state index contributed by atoms with van der Waals surface area (Å²) in [6.45, 7) is 4.23. The number of unbranched alkanes of at least 4 members (excludes halogenated alkanes) is 1. The molecule has 0 radical (unpaired) electrons. The van der Waals surface area contributed by atoms with Crippen LogP contribution in [0.1, 0.15) is 41.4 Å². The van der Waals surface area contributed by atoms with Crippen molar-refractivity contribution >= 4 is 12.3 Å². The Morgan fingerprint density at radius 2 is 2.08 bits per heavy atom. The van der Waals surface area contributed by atoms with Gasteiger partial charge >= 0.3 is 0 Å². The van der Waals surface area contributed by atoms with Gasteiger partial charge in [-0.25, -0.2) is 4.98 Å². The highest BCUT2D eigenvalue weighted by Crippen LogP contribution is 2.03. The molecular weight excluding hydrogens is 311 g/mol. The van der Waals surface area contributed by atoms with E-state index in [1.165, 1.54) is 30.9 Å². The first-order chi connectivity index (χ1) is 11.6. The van der Waals surface area contributed by atoms with Crippen LogP contribution in [-0.2, 0) is 11.2 Å². The van der Waals surface area contributed by atoms with E-state index in [1.54, 1.807) is 0 Å². The molecule has 2 N–H and O–H groups in total. The summed E-state index contributed by atoms with van der Waals surface area (Å²) in [5.41, 5.74) is 6.51. The van der Waals surface area contributed by atoms with Gasteiger partial charge in [0.25, 0.3) is 5.91 Å². The van der Waals surface area contributed by atoms with Crippen LogP contribution in [0.15, 0.2) is 36.7 Å². The Bertz CT molecular complexity index is 647. The van der Waals surface area contributed by atoms with Crippen molar-refractivity contribution in [2.45, 2.75) is 33.1 Å². The molecule has 2 heterocycles. The fourth-order valence-corrected chi connectivity index (χ4v) is 1.74. The smallest absolute Gasteiger partial charge is 0.269 e. The largest absolute Gasteiger partial charge is 0.277 e. The maximum Gasteiger partial charge on any atom is 0.269 e. The van der Waals surface area contributed by atoms with Gasteiger partial charge in [0.05, 0.1) is 0 Å². The van der Waals surface area contributed by atoms with Crippen molar-refractivity contribution < 1.29 is 14.0 Å². The third-order valence-corrected chi connectivity index (χ3v) is 3.03. The molecule has 0 unspecified atom stereocenters. The molecule has 0 aliphatic heterocycles. The predicted octanol–water partition coefficient (Wildman–Crippen LogP) is 2.34. The van der Waals surface area contributed by atoms with Gasteiger partial charge in [0.15, 0.2) is 0 Å². The molecule has 0 atom stereocenters. The average molecular weight is 332 g/mol. The molecule has 0 saturated carbocycles. The summed E-state index contributed by atoms with van der Waals surface area (Å²) in [5.74, 6) is -1.35. The molecule has 128 valence electrons. The minimum Gasteiger partial charge on any atom is -0.277 e. The Kier molecular flexibility index (Phi) is 8.67. The summed E-state index contributed by atoms with van der Waals surface area (Å²) >= 11 is 0. The van der Waals surface area contributed by atoms with E-state index >= 15 is 0 Å². The number of nitrogens with one attached hydrogen (secondary N) is 2. The molecule has 0 saturated heterocycles. The Labute approximate surface area is 140 Å². The number of halogens is 1. The second kappa shape index (κ2) is 10.8. The second-order valence-corrected chi connectivity index (χ2v) is 4.99. The van der Waals surface area contributed by atoms with Gasteiger partial charge in [0.2, 0.25) is 12.4 Å². The molecule has 6 nitrogen and oxygen atoms in total. The number of nitrogens with zero attached hydrogens (tertiary/aromatic N) is 2. The third kappa shape index (κ3) is 7.44. The molecule has 0 spiro atoms. The average Bonchev–Trinajstić information content (AvgIpc) is 2.60. The van der Waals surface area contributed by atoms with Gasteiger partial charge in [0.1, 0.15) is 0 Å². The Morgan fingerprint density at radius 1 is 1.29 bits per heavy atom. The van der Waals surface area contributed by atoms with Gasteiger partial charge in [-0.1, -0.05) is 19.4 Å². The van der Waals surface area contributed by atoms with Crippen LogP contribution in [-0.4, -0.2) is 22.3 Å². The summed E-state index contributed by atoms with van der Waals surface area (Å²) in [7, 11) is 0. The molecule has 0 aromatic carbocycles. The number of rotatable bonds is 6. The Hall–Kier alpha value is -2.83. The highest BCUT2D eigenvalue weighted by Gasteiger charge is 2.04. The zero-order valence-electron chi connectivity index (χ0n) is 13.8. The van der Waals surface area contributed by atoms with Crippen molar-refractivity contribution in [2.75, 3.05) is 0 Å². The lowest BCUT2D eigenvalue weighted by atomic mass is 10.1. The van der Waals surface area contributed by atoms with Crippen LogP contribution in [0.3, 0.4) is 0 Å². The highest BCUT2D eigenvalue weighted by molar-refractivity contribution is 5.94. The van der Waals surface area contributed by atoms with Crippen LogP contribution in [0, 0.1) is 12.9 Å². The SMILES string of the molecule is CCCCc1ccc(C)nc1.O=CNNC(=O)c1ccnc(F)c1. The number of hydrazine groups is 1. The number of carbonyl (C=O) groups is 2. The Morgan fingerprint density at radius 3 is 2.67 bits per heavy atom. The number of aromatic nitrogens is 2. The normalized spacial score (nSPS) is 9.46. The number of pyridine rings is 2. The van der Waals surface area contributed by atoms with Gasteiger partial charge in [-0.15, -0.1) is 0 Å². The van der Waals surface area contributed by atoms with E-state index in [-0.39, 0.29) is 5.56 Å². The van der Waals surface area contributed by atoms with Crippen LogP contribution in [0.4, 0.5) is 4.39 Å². The molecule has 2 amide bonds. The molecule has 7 heteroatoms. The fraction of sp³-hybridized carbons (Fsp3) is 0.294. The summed E-state index contributed by atoms with van der Waals surface area (Å²) in [5, 5.41) is 0. The standard InChI is InChI=1S/C10H15N.C7H6FN3O2/c1-3-4-5-10-7-6-9(2)11-8-10;8-6-3-5(1-2-9-6)7(13)11-10-4-12/h6-8H,3-5H2,1-2H3;1-4H,(H,10,12)(H,11,13). The van der Waals surface area contributed by atoms with E-state index in [1.807, 2.05) is 24.0 Å². The van der Waals surface area contributed by atoms with Crippen molar-refractivity contribution in [3.63, 3.8) is 0 Å². The van der Waals surface area contributed by atoms with Crippen molar-refractivity contribution in [3.8, 4) is 0 Å². The summed E-state index contributed by atoms with van der Waals surface area (Å²) in [6, 6.07) is 6.52. The molecular formula is C17H21FN4O2. The minimum absolute atomic E-state index is 0.0850. The second-order valence-electron chi connectivity index (χ2n) is 4.99. The van der Waals surface area contributed by atoms with E-state index in [9.17, 15) is 14.0 Å². The maximum atomic E-state index is 12.5. The van der Waals surface area contributed by atoms with Gasteiger partial charge in [-0.3, -0.25) is 25.4 Å². The van der Waals surface area contributed by atoms with Gasteiger partial charge in [-0.2, -0.15) is 4.39 Å². The topological polar surface area (TPSA) is 84.0 Å². The van der Waals surface area contributed by atoms with E-state index in [0.717, 1.165) is 18.0 Å². The fourth-order valence-electron chi connectivity index (χ4n) is 1.74. The van der Waals surface area contributed by atoms with Crippen LogP contribution in [0.25, 0.3) is 0 Å². The van der Waals surface area contributed by atoms with Crippen molar-refractivity contribution in [3.05, 3.63) is 59.4 Å². The van der Waals surface area contributed by atoms with Crippen LogP contribution < -0.4 is 10.9 Å². The molecule has 0 bridgehead atoms. The zero-order chi connectivity index (χ0) is 17.8. The summed E-state index contributed by atoms with van der Waals surface area (Å²) in [6.07, 6.45) is 7.13. The maximum absolute atomic E-state index is 12.5. The first kappa shape index (κ1) is 19.2. The number of carbonyl (C=O) groups excluding carboxylic acids is 2. The first-order valence-electron chi connectivity index (χ1n) is 7.59. The van der Waals surface area contributed by atoms with E-state index in [4.69, 9.17) is 0 Å². The molecule has 2 aromatic rings. The minimum atomic E-state index is -0.751. The Balaban J connectivity index is 0.000000243. The van der Waals surface area contributed by atoms with E-state index in [0.29, 0.717) is 6.41 Å². The number of amides is 2. The van der Waals surface area contributed by atoms with Crippen molar-refractivity contribution in [1.29, 1.82) is 0 Å². The van der Waals surface area contributed by atoms with Gasteiger partial charge in [0, 0.05) is 29.7 Å². The number of hydrogen-bond acceptors (Lipinski definition) is 4. The molecule has 2 rings (SSSR count). The van der Waals surface area contributed by atoms with Gasteiger partial charge in [-0.05, 0) is 37.5 Å². The first-order valence-corrected chi connectivity index (χ1v) is 7.59. The summed E-state index contributed by atoms with van der Waals surface area (Å²) < 4.78 is 12.5. The van der Waals surface area contributed by atoms with Crippen LogP contribution in [0.2, 0.25) is 0 Å². The number of aryl methyl sites for hydroxylation is 2. The van der Waals surface area contributed by atoms with Crippen molar-refractivity contribution in [1.82, 2.24) is 20.8 Å².